The van der Waals surface area contributed by atoms with Crippen molar-refractivity contribution >= 4 is 17.7 Å². The molecule has 0 aliphatic carbocycles. The summed E-state index contributed by atoms with van der Waals surface area (Å²) in [6, 6.07) is 8.42. The van der Waals surface area contributed by atoms with E-state index in [1.54, 1.807) is 13.3 Å². The van der Waals surface area contributed by atoms with Gasteiger partial charge in [0.2, 0.25) is 5.91 Å². The first-order chi connectivity index (χ1) is 10.7. The standard InChI is InChI=1S/C16H21N3O2S/c1-13-3-5-14(6-4-13)11-19-9-7-18-16(19)22-12-15(20)17-8-10-21-2/h3-7,9H,8,10-12H2,1-2H3,(H,17,20). The van der Waals surface area contributed by atoms with E-state index in [1.165, 1.54) is 22.9 Å². The van der Waals surface area contributed by atoms with Crippen molar-refractivity contribution in [2.45, 2.75) is 18.6 Å². The number of aromatic nitrogens is 2. The van der Waals surface area contributed by atoms with Gasteiger partial charge in [0.05, 0.1) is 12.4 Å². The van der Waals surface area contributed by atoms with Crippen LogP contribution in [0.1, 0.15) is 11.1 Å². The minimum atomic E-state index is -0.00747. The second kappa shape index (κ2) is 8.60. The maximum absolute atomic E-state index is 11.7. The molecule has 0 radical (unpaired) electrons. The van der Waals surface area contributed by atoms with Crippen LogP contribution in [0.3, 0.4) is 0 Å². The van der Waals surface area contributed by atoms with E-state index in [-0.39, 0.29) is 5.91 Å². The lowest BCUT2D eigenvalue weighted by molar-refractivity contribution is -0.118. The molecule has 0 unspecified atom stereocenters. The van der Waals surface area contributed by atoms with Crippen LogP contribution in [-0.2, 0) is 16.1 Å². The van der Waals surface area contributed by atoms with Gasteiger partial charge >= 0.3 is 0 Å². The summed E-state index contributed by atoms with van der Waals surface area (Å²) in [4.78, 5) is 16.0. The van der Waals surface area contributed by atoms with E-state index in [9.17, 15) is 4.79 Å². The van der Waals surface area contributed by atoms with Gasteiger partial charge in [-0.05, 0) is 12.5 Å². The lowest BCUT2D eigenvalue weighted by Crippen LogP contribution is -2.28. The van der Waals surface area contributed by atoms with Gasteiger partial charge in [0.15, 0.2) is 5.16 Å². The van der Waals surface area contributed by atoms with Crippen LogP contribution in [0.2, 0.25) is 0 Å². The van der Waals surface area contributed by atoms with E-state index in [0.29, 0.717) is 18.9 Å². The van der Waals surface area contributed by atoms with Crippen LogP contribution in [0.15, 0.2) is 41.8 Å². The normalized spacial score (nSPS) is 10.6. The van der Waals surface area contributed by atoms with Gasteiger partial charge in [-0.15, -0.1) is 0 Å². The number of benzene rings is 1. The number of amides is 1. The number of aryl methyl sites for hydroxylation is 1. The second-order valence-corrected chi connectivity index (χ2v) is 5.90. The first kappa shape index (κ1) is 16.6. The highest BCUT2D eigenvalue weighted by atomic mass is 32.2. The van der Waals surface area contributed by atoms with E-state index >= 15 is 0 Å². The Morgan fingerprint density at radius 3 is 2.86 bits per heavy atom. The Hall–Kier alpha value is -1.79. The number of hydrogen-bond acceptors (Lipinski definition) is 4. The highest BCUT2D eigenvalue weighted by Crippen LogP contribution is 2.17. The predicted molar refractivity (Wildman–Crippen MR) is 88.1 cm³/mol. The third-order valence-electron chi connectivity index (χ3n) is 3.11. The number of hydrogen-bond donors (Lipinski definition) is 1. The molecule has 0 saturated heterocycles. The molecule has 2 aromatic rings. The summed E-state index contributed by atoms with van der Waals surface area (Å²) in [7, 11) is 1.61. The van der Waals surface area contributed by atoms with Crippen molar-refractivity contribution in [2.75, 3.05) is 26.0 Å². The maximum Gasteiger partial charge on any atom is 0.230 e. The van der Waals surface area contributed by atoms with Gasteiger partial charge < -0.3 is 14.6 Å². The number of nitrogens with zero attached hydrogens (tertiary/aromatic N) is 2. The number of imidazole rings is 1. The molecule has 1 N–H and O–H groups in total. The van der Waals surface area contributed by atoms with Gasteiger partial charge in [-0.25, -0.2) is 4.98 Å². The van der Waals surface area contributed by atoms with Crippen LogP contribution in [0.4, 0.5) is 0 Å². The summed E-state index contributed by atoms with van der Waals surface area (Å²) in [5.74, 6) is 0.348. The third kappa shape index (κ3) is 5.20. The molecule has 1 aromatic carbocycles. The van der Waals surface area contributed by atoms with Crippen LogP contribution < -0.4 is 5.32 Å². The SMILES string of the molecule is COCCNC(=O)CSc1nccn1Cc1ccc(C)cc1. The van der Waals surface area contributed by atoms with Crippen LogP contribution in [0.25, 0.3) is 0 Å². The average Bonchev–Trinajstić information content (AvgIpc) is 2.95. The van der Waals surface area contributed by atoms with Gasteiger partial charge in [0.1, 0.15) is 0 Å². The molecule has 6 heteroatoms. The maximum atomic E-state index is 11.7. The molecule has 0 aliphatic rings. The topological polar surface area (TPSA) is 56.1 Å². The van der Waals surface area contributed by atoms with Crippen molar-refractivity contribution in [1.29, 1.82) is 0 Å². The van der Waals surface area contributed by atoms with Gasteiger partial charge in [-0.3, -0.25) is 4.79 Å². The van der Waals surface area contributed by atoms with Gasteiger partial charge in [-0.1, -0.05) is 41.6 Å². The van der Waals surface area contributed by atoms with E-state index in [2.05, 4.69) is 46.1 Å². The fourth-order valence-electron chi connectivity index (χ4n) is 1.92. The second-order valence-electron chi connectivity index (χ2n) is 4.95. The van der Waals surface area contributed by atoms with Gasteiger partial charge in [-0.2, -0.15) is 0 Å². The number of carbonyl (C=O) groups is 1. The van der Waals surface area contributed by atoms with Crippen molar-refractivity contribution in [1.82, 2.24) is 14.9 Å². The first-order valence-corrected chi connectivity index (χ1v) is 8.12. The van der Waals surface area contributed by atoms with Crippen molar-refractivity contribution in [3.8, 4) is 0 Å². The van der Waals surface area contributed by atoms with E-state index in [0.717, 1.165) is 11.7 Å². The van der Waals surface area contributed by atoms with Crippen molar-refractivity contribution in [3.05, 3.63) is 47.8 Å². The monoisotopic (exact) mass is 319 g/mol. The number of methoxy groups -OCH3 is 1. The number of nitrogens with one attached hydrogen (secondary N) is 1. The Labute approximate surface area is 135 Å². The molecular formula is C16H21N3O2S. The summed E-state index contributed by atoms with van der Waals surface area (Å²) in [5, 5.41) is 3.65. The Balaban J connectivity index is 1.87. The Morgan fingerprint density at radius 2 is 2.14 bits per heavy atom. The minimum absolute atomic E-state index is 0.00747. The van der Waals surface area contributed by atoms with Crippen LogP contribution >= 0.6 is 11.8 Å². The van der Waals surface area contributed by atoms with Gasteiger partial charge in [0, 0.05) is 32.6 Å². The Bertz CT molecular complexity index is 596. The molecule has 2 rings (SSSR count). The summed E-state index contributed by atoms with van der Waals surface area (Å²) in [6.45, 7) is 3.89. The molecule has 5 nitrogen and oxygen atoms in total. The average molecular weight is 319 g/mol. The number of carbonyl (C=O) groups excluding carboxylic acids is 1. The molecule has 1 aromatic heterocycles. The first-order valence-electron chi connectivity index (χ1n) is 7.14. The molecule has 0 bridgehead atoms. The van der Waals surface area contributed by atoms with Crippen LogP contribution in [-0.4, -0.2) is 41.5 Å². The largest absolute Gasteiger partial charge is 0.383 e. The molecule has 118 valence electrons. The molecule has 0 atom stereocenters. The van der Waals surface area contributed by atoms with E-state index < -0.39 is 0 Å². The molecule has 22 heavy (non-hydrogen) atoms. The number of thioether (sulfide) groups is 1. The summed E-state index contributed by atoms with van der Waals surface area (Å²) in [6.07, 6.45) is 3.70. The molecular weight excluding hydrogens is 298 g/mol. The van der Waals surface area contributed by atoms with Gasteiger partial charge in [0.25, 0.3) is 0 Å². The fraction of sp³-hybridized carbons (Fsp3) is 0.375. The smallest absolute Gasteiger partial charge is 0.230 e. The minimum Gasteiger partial charge on any atom is -0.383 e. The Morgan fingerprint density at radius 1 is 1.36 bits per heavy atom. The van der Waals surface area contributed by atoms with Crippen LogP contribution in [0, 0.1) is 6.92 Å². The van der Waals surface area contributed by atoms with Crippen LogP contribution in [0.5, 0.6) is 0 Å². The van der Waals surface area contributed by atoms with Crippen molar-refractivity contribution in [3.63, 3.8) is 0 Å². The molecule has 1 amide bonds. The van der Waals surface area contributed by atoms with Crippen molar-refractivity contribution < 1.29 is 9.53 Å². The highest BCUT2D eigenvalue weighted by Gasteiger charge is 2.08. The molecule has 0 fully saturated rings. The van der Waals surface area contributed by atoms with E-state index in [4.69, 9.17) is 4.74 Å². The summed E-state index contributed by atoms with van der Waals surface area (Å²) >= 11 is 1.44. The lowest BCUT2D eigenvalue weighted by atomic mass is 10.1. The number of ether oxygens (including phenoxy) is 1. The zero-order chi connectivity index (χ0) is 15.8. The molecule has 0 saturated carbocycles. The predicted octanol–water partition coefficient (Wildman–Crippen LogP) is 2.09. The molecule has 0 aliphatic heterocycles. The zero-order valence-electron chi connectivity index (χ0n) is 12.9. The molecule has 1 heterocycles. The summed E-state index contributed by atoms with van der Waals surface area (Å²) in [5.41, 5.74) is 2.46. The zero-order valence-corrected chi connectivity index (χ0v) is 13.7. The number of rotatable bonds is 8. The lowest BCUT2D eigenvalue weighted by Gasteiger charge is -2.08. The quantitative estimate of drug-likeness (QED) is 0.598. The fourth-order valence-corrected chi connectivity index (χ4v) is 2.71. The molecule has 0 spiro atoms. The highest BCUT2D eigenvalue weighted by molar-refractivity contribution is 7.99. The summed E-state index contributed by atoms with van der Waals surface area (Å²) < 4.78 is 6.95. The Kier molecular flexibility index (Phi) is 6.48. The third-order valence-corrected chi connectivity index (χ3v) is 4.12. The van der Waals surface area contributed by atoms with E-state index in [1.807, 2.05) is 6.20 Å². The van der Waals surface area contributed by atoms with Crippen molar-refractivity contribution in [2.24, 2.45) is 0 Å².